The molecule has 0 saturated carbocycles. The van der Waals surface area contributed by atoms with E-state index in [1.807, 2.05) is 36.4 Å². The summed E-state index contributed by atoms with van der Waals surface area (Å²) in [5, 5.41) is 2.91. The topological polar surface area (TPSA) is 38.3 Å². The van der Waals surface area contributed by atoms with Crippen LogP contribution in [0.5, 0.6) is 11.5 Å². The van der Waals surface area contributed by atoms with Crippen molar-refractivity contribution < 1.29 is 9.53 Å². The van der Waals surface area contributed by atoms with Crippen LogP contribution in [0.2, 0.25) is 0 Å². The number of ether oxygens (including phenoxy) is 1. The summed E-state index contributed by atoms with van der Waals surface area (Å²) in [6.07, 6.45) is 0. The standard InChI is InChI=1S/C20H13NO2S/c22-20-14-7-3-5-12(15(14)11-21-20)13-6-4-10-18-19(13)23-16-8-1-2-9-17(16)24-18/h1-10H,11H2,(H,21,22). The maximum absolute atomic E-state index is 12.0. The van der Waals surface area contributed by atoms with Crippen molar-refractivity contribution in [2.45, 2.75) is 16.3 Å². The zero-order chi connectivity index (χ0) is 16.1. The molecule has 2 heterocycles. The molecule has 4 heteroatoms. The van der Waals surface area contributed by atoms with Gasteiger partial charge in [0.2, 0.25) is 0 Å². The van der Waals surface area contributed by atoms with Gasteiger partial charge in [0.05, 0.1) is 9.79 Å². The molecule has 0 unspecified atom stereocenters. The fourth-order valence-corrected chi connectivity index (χ4v) is 4.25. The lowest BCUT2D eigenvalue weighted by Crippen LogP contribution is -2.12. The number of para-hydroxylation sites is 2. The number of hydrogen-bond donors (Lipinski definition) is 1. The molecule has 5 rings (SSSR count). The van der Waals surface area contributed by atoms with Crippen molar-refractivity contribution in [1.29, 1.82) is 0 Å². The van der Waals surface area contributed by atoms with Crippen LogP contribution in [0.1, 0.15) is 15.9 Å². The zero-order valence-electron chi connectivity index (χ0n) is 12.7. The van der Waals surface area contributed by atoms with Gasteiger partial charge in [-0.3, -0.25) is 4.79 Å². The van der Waals surface area contributed by atoms with Crippen LogP contribution in [-0.2, 0) is 6.54 Å². The van der Waals surface area contributed by atoms with Gasteiger partial charge in [0.1, 0.15) is 11.5 Å². The molecule has 3 aromatic carbocycles. The third-order valence-electron chi connectivity index (χ3n) is 4.40. The molecule has 0 bridgehead atoms. The fraction of sp³-hybridized carbons (Fsp3) is 0.0500. The van der Waals surface area contributed by atoms with E-state index in [0.29, 0.717) is 6.54 Å². The summed E-state index contributed by atoms with van der Waals surface area (Å²) in [5.41, 5.74) is 3.89. The average Bonchev–Trinajstić information content (AvgIpc) is 3.01. The Morgan fingerprint density at radius 2 is 1.58 bits per heavy atom. The van der Waals surface area contributed by atoms with E-state index in [2.05, 4.69) is 29.6 Å². The van der Waals surface area contributed by atoms with Crippen LogP contribution in [0.4, 0.5) is 0 Å². The third-order valence-corrected chi connectivity index (χ3v) is 5.50. The molecule has 0 saturated heterocycles. The molecule has 2 aliphatic heterocycles. The van der Waals surface area contributed by atoms with Crippen LogP contribution in [0, 0.1) is 0 Å². The van der Waals surface area contributed by atoms with E-state index in [1.165, 1.54) is 0 Å². The fourth-order valence-electron chi connectivity index (χ4n) is 3.27. The number of hydrogen-bond acceptors (Lipinski definition) is 3. The highest BCUT2D eigenvalue weighted by molar-refractivity contribution is 7.99. The number of rotatable bonds is 1. The summed E-state index contributed by atoms with van der Waals surface area (Å²) < 4.78 is 6.22. The molecule has 1 N–H and O–H groups in total. The number of fused-ring (bicyclic) bond motifs is 3. The van der Waals surface area contributed by atoms with Gasteiger partial charge in [-0.1, -0.05) is 48.2 Å². The van der Waals surface area contributed by atoms with Gasteiger partial charge in [0.15, 0.2) is 0 Å². The number of carbonyl (C=O) groups excluding carboxylic acids is 1. The molecule has 0 atom stereocenters. The molecular weight excluding hydrogens is 318 g/mol. The van der Waals surface area contributed by atoms with Crippen molar-refractivity contribution >= 4 is 17.7 Å². The maximum atomic E-state index is 12.0. The van der Waals surface area contributed by atoms with Crippen LogP contribution in [-0.4, -0.2) is 5.91 Å². The van der Waals surface area contributed by atoms with Gasteiger partial charge in [0, 0.05) is 17.7 Å². The summed E-state index contributed by atoms with van der Waals surface area (Å²) in [6.45, 7) is 0.567. The molecule has 116 valence electrons. The van der Waals surface area contributed by atoms with Crippen molar-refractivity contribution in [3.05, 3.63) is 71.8 Å². The van der Waals surface area contributed by atoms with Gasteiger partial charge >= 0.3 is 0 Å². The second kappa shape index (κ2) is 5.14. The Bertz CT molecular complexity index is 997. The molecule has 24 heavy (non-hydrogen) atoms. The molecule has 3 nitrogen and oxygen atoms in total. The van der Waals surface area contributed by atoms with Gasteiger partial charge in [-0.15, -0.1) is 0 Å². The van der Waals surface area contributed by atoms with Gasteiger partial charge in [-0.25, -0.2) is 0 Å². The Morgan fingerprint density at radius 3 is 2.54 bits per heavy atom. The van der Waals surface area contributed by atoms with Crippen LogP contribution in [0.3, 0.4) is 0 Å². The summed E-state index contributed by atoms with van der Waals surface area (Å²) in [7, 11) is 0. The predicted octanol–water partition coefficient (Wildman–Crippen LogP) is 4.85. The van der Waals surface area contributed by atoms with Crippen molar-refractivity contribution in [1.82, 2.24) is 5.32 Å². The molecule has 0 aromatic heterocycles. The first-order valence-electron chi connectivity index (χ1n) is 7.79. The number of amides is 1. The first kappa shape index (κ1) is 13.7. The smallest absolute Gasteiger partial charge is 0.251 e. The van der Waals surface area contributed by atoms with Crippen molar-refractivity contribution in [3.8, 4) is 22.6 Å². The van der Waals surface area contributed by atoms with E-state index in [-0.39, 0.29) is 5.91 Å². The minimum Gasteiger partial charge on any atom is -0.454 e. The van der Waals surface area contributed by atoms with Crippen molar-refractivity contribution in [2.75, 3.05) is 0 Å². The summed E-state index contributed by atoms with van der Waals surface area (Å²) in [4.78, 5) is 14.2. The van der Waals surface area contributed by atoms with Crippen LogP contribution in [0.25, 0.3) is 11.1 Å². The monoisotopic (exact) mass is 331 g/mol. The van der Waals surface area contributed by atoms with Crippen molar-refractivity contribution in [3.63, 3.8) is 0 Å². The largest absolute Gasteiger partial charge is 0.454 e. The molecule has 3 aromatic rings. The SMILES string of the molecule is O=C1NCc2c1cccc2-c1cccc2c1Oc1ccccc1S2. The molecule has 0 fully saturated rings. The zero-order valence-corrected chi connectivity index (χ0v) is 13.5. The average molecular weight is 331 g/mol. The van der Waals surface area contributed by atoms with Crippen LogP contribution < -0.4 is 10.1 Å². The van der Waals surface area contributed by atoms with Crippen molar-refractivity contribution in [2.24, 2.45) is 0 Å². The molecular formula is C20H13NO2S. The van der Waals surface area contributed by atoms with E-state index in [1.54, 1.807) is 11.8 Å². The minimum atomic E-state index is -0.00251. The molecule has 0 spiro atoms. The second-order valence-electron chi connectivity index (χ2n) is 5.80. The van der Waals surface area contributed by atoms with E-state index in [9.17, 15) is 4.79 Å². The second-order valence-corrected chi connectivity index (χ2v) is 6.88. The number of benzene rings is 3. The van der Waals surface area contributed by atoms with E-state index < -0.39 is 0 Å². The molecule has 2 aliphatic rings. The molecule has 0 radical (unpaired) electrons. The number of carbonyl (C=O) groups is 1. The molecule has 1 amide bonds. The Hall–Kier alpha value is -2.72. The third kappa shape index (κ3) is 1.96. The highest BCUT2D eigenvalue weighted by atomic mass is 32.2. The number of nitrogens with one attached hydrogen (secondary N) is 1. The highest BCUT2D eigenvalue weighted by Gasteiger charge is 2.26. The summed E-state index contributed by atoms with van der Waals surface area (Å²) in [5.74, 6) is 1.75. The van der Waals surface area contributed by atoms with Crippen LogP contribution >= 0.6 is 11.8 Å². The Labute approximate surface area is 143 Å². The summed E-state index contributed by atoms with van der Waals surface area (Å²) >= 11 is 1.72. The van der Waals surface area contributed by atoms with E-state index >= 15 is 0 Å². The lowest BCUT2D eigenvalue weighted by Gasteiger charge is -2.22. The minimum absolute atomic E-state index is 0.00251. The maximum Gasteiger partial charge on any atom is 0.251 e. The lowest BCUT2D eigenvalue weighted by molar-refractivity contribution is 0.0966. The van der Waals surface area contributed by atoms with Crippen LogP contribution in [0.15, 0.2) is 70.5 Å². The lowest BCUT2D eigenvalue weighted by atomic mass is 9.96. The Kier molecular flexibility index (Phi) is 2.94. The molecule has 0 aliphatic carbocycles. The summed E-state index contributed by atoms with van der Waals surface area (Å²) in [6, 6.07) is 20.1. The van der Waals surface area contributed by atoms with Gasteiger partial charge in [-0.05, 0) is 35.4 Å². The first-order valence-corrected chi connectivity index (χ1v) is 8.61. The van der Waals surface area contributed by atoms with E-state index in [4.69, 9.17) is 4.74 Å². The van der Waals surface area contributed by atoms with Gasteiger partial charge in [0.25, 0.3) is 5.91 Å². The quantitative estimate of drug-likeness (QED) is 0.541. The highest BCUT2D eigenvalue weighted by Crippen LogP contribution is 2.51. The van der Waals surface area contributed by atoms with Gasteiger partial charge in [-0.2, -0.15) is 0 Å². The van der Waals surface area contributed by atoms with E-state index in [0.717, 1.165) is 43.5 Å². The Morgan fingerprint density at radius 1 is 0.833 bits per heavy atom. The predicted molar refractivity (Wildman–Crippen MR) is 93.7 cm³/mol. The van der Waals surface area contributed by atoms with Gasteiger partial charge < -0.3 is 10.1 Å². The normalized spacial score (nSPS) is 14.2. The Balaban J connectivity index is 1.70. The first-order chi connectivity index (χ1) is 11.8.